The lowest BCUT2D eigenvalue weighted by Crippen LogP contribution is -2.21. The molecule has 29 heavy (non-hydrogen) atoms. The number of rotatable bonds is 1. The van der Waals surface area contributed by atoms with Crippen molar-refractivity contribution >= 4 is 33.4 Å². The Morgan fingerprint density at radius 2 is 1.31 bits per heavy atom. The number of hydrogen-bond acceptors (Lipinski definition) is 3. The second kappa shape index (κ2) is 5.72. The maximum absolute atomic E-state index is 13.2. The van der Waals surface area contributed by atoms with Crippen molar-refractivity contribution < 1.29 is 9.59 Å². The monoisotopic (exact) mass is 374 g/mol. The van der Waals surface area contributed by atoms with Crippen molar-refractivity contribution in [3.8, 4) is 11.4 Å². The van der Waals surface area contributed by atoms with Crippen molar-refractivity contribution in [2.24, 2.45) is 0 Å². The smallest absolute Gasteiger partial charge is 0.196 e. The molecule has 1 aliphatic rings. The number of nitrogens with zero attached hydrogens (tertiary/aromatic N) is 1. The number of hydrogen-bond donors (Lipinski definition) is 1. The molecule has 0 saturated heterocycles. The molecule has 4 aromatic carbocycles. The first-order valence-electron chi connectivity index (χ1n) is 9.41. The second-order valence-corrected chi connectivity index (χ2v) is 7.20. The van der Waals surface area contributed by atoms with Gasteiger partial charge < -0.3 is 4.98 Å². The number of carbonyl (C=O) groups excluding carboxylic acids is 2. The molecule has 0 atom stereocenters. The summed E-state index contributed by atoms with van der Waals surface area (Å²) in [6.07, 6.45) is 0. The van der Waals surface area contributed by atoms with Gasteiger partial charge >= 0.3 is 0 Å². The molecule has 5 aromatic rings. The van der Waals surface area contributed by atoms with E-state index in [1.807, 2.05) is 30.3 Å². The molecular weight excluding hydrogens is 360 g/mol. The van der Waals surface area contributed by atoms with Crippen LogP contribution in [0.15, 0.2) is 78.9 Å². The van der Waals surface area contributed by atoms with Gasteiger partial charge in [0.2, 0.25) is 0 Å². The minimum Gasteiger partial charge on any atom is -0.338 e. The molecule has 1 N–H and O–H groups in total. The zero-order valence-electron chi connectivity index (χ0n) is 15.3. The highest BCUT2D eigenvalue weighted by Gasteiger charge is 2.32. The number of benzene rings is 4. The van der Waals surface area contributed by atoms with Crippen molar-refractivity contribution in [1.82, 2.24) is 9.97 Å². The predicted octanol–water partition coefficient (Wildman–Crippen LogP) is 5.16. The molecule has 136 valence electrons. The van der Waals surface area contributed by atoms with Crippen molar-refractivity contribution in [3.63, 3.8) is 0 Å². The average molecular weight is 374 g/mol. The summed E-state index contributed by atoms with van der Waals surface area (Å²) < 4.78 is 0. The standard InChI is InChI=1S/C25H14N2O2/c28-23-16-9-3-4-10-17(16)24(29)21-19(23)12-13-20-22(21)27-25(26-20)18-11-5-7-14-6-1-2-8-15(14)18/h1-13H,(H,26,27). The summed E-state index contributed by atoms with van der Waals surface area (Å²) in [4.78, 5) is 34.3. The Kier molecular flexibility index (Phi) is 3.15. The van der Waals surface area contributed by atoms with Crippen LogP contribution in [-0.4, -0.2) is 21.5 Å². The van der Waals surface area contributed by atoms with Gasteiger partial charge in [0.05, 0.1) is 11.1 Å². The lowest BCUT2D eigenvalue weighted by molar-refractivity contribution is 0.0980. The molecular formula is C25H14N2O2. The highest BCUT2D eigenvalue weighted by atomic mass is 16.1. The van der Waals surface area contributed by atoms with E-state index in [1.165, 1.54) is 0 Å². The van der Waals surface area contributed by atoms with Crippen LogP contribution in [0.1, 0.15) is 31.8 Å². The molecule has 0 aliphatic heterocycles. The van der Waals surface area contributed by atoms with Gasteiger partial charge in [-0.3, -0.25) is 9.59 Å². The Hall–Kier alpha value is -4.05. The summed E-state index contributed by atoms with van der Waals surface area (Å²) in [5.41, 5.74) is 3.93. The average Bonchev–Trinajstić information content (AvgIpc) is 3.21. The largest absolute Gasteiger partial charge is 0.338 e. The third-order valence-electron chi connectivity index (χ3n) is 5.59. The van der Waals surface area contributed by atoms with Crippen LogP contribution in [0, 0.1) is 0 Å². The summed E-state index contributed by atoms with van der Waals surface area (Å²) in [5.74, 6) is 0.396. The van der Waals surface area contributed by atoms with Gasteiger partial charge in [0.25, 0.3) is 0 Å². The Balaban J connectivity index is 1.63. The van der Waals surface area contributed by atoms with Gasteiger partial charge in [0.1, 0.15) is 11.3 Å². The summed E-state index contributed by atoms with van der Waals surface area (Å²) in [5, 5.41) is 2.20. The number of ketones is 2. The quantitative estimate of drug-likeness (QED) is 0.432. The number of nitrogens with one attached hydrogen (secondary N) is 1. The third-order valence-corrected chi connectivity index (χ3v) is 5.59. The van der Waals surface area contributed by atoms with Gasteiger partial charge in [-0.05, 0) is 22.9 Å². The van der Waals surface area contributed by atoms with Crippen molar-refractivity contribution in [2.75, 3.05) is 0 Å². The van der Waals surface area contributed by atoms with E-state index < -0.39 is 0 Å². The predicted molar refractivity (Wildman–Crippen MR) is 112 cm³/mol. The van der Waals surface area contributed by atoms with E-state index in [0.717, 1.165) is 21.9 Å². The topological polar surface area (TPSA) is 62.8 Å². The number of aromatic amines is 1. The van der Waals surface area contributed by atoms with Crippen LogP contribution in [-0.2, 0) is 0 Å². The summed E-state index contributed by atoms with van der Waals surface area (Å²) >= 11 is 0. The molecule has 0 saturated carbocycles. The van der Waals surface area contributed by atoms with Crippen molar-refractivity contribution in [1.29, 1.82) is 0 Å². The highest BCUT2D eigenvalue weighted by Crippen LogP contribution is 2.34. The highest BCUT2D eigenvalue weighted by molar-refractivity contribution is 6.31. The number of fused-ring (bicyclic) bond motifs is 5. The van der Waals surface area contributed by atoms with Crippen LogP contribution in [0.4, 0.5) is 0 Å². The van der Waals surface area contributed by atoms with Crippen LogP contribution in [0.25, 0.3) is 33.2 Å². The van der Waals surface area contributed by atoms with Crippen LogP contribution in [0.5, 0.6) is 0 Å². The zero-order valence-corrected chi connectivity index (χ0v) is 15.3. The first kappa shape index (κ1) is 16.0. The Morgan fingerprint density at radius 1 is 0.621 bits per heavy atom. The first-order chi connectivity index (χ1) is 14.2. The van der Waals surface area contributed by atoms with Gasteiger partial charge in [0, 0.05) is 22.3 Å². The summed E-state index contributed by atoms with van der Waals surface area (Å²) in [6.45, 7) is 0. The molecule has 0 spiro atoms. The molecule has 0 fully saturated rings. The molecule has 6 rings (SSSR count). The molecule has 1 aromatic heterocycles. The van der Waals surface area contributed by atoms with Gasteiger partial charge in [-0.2, -0.15) is 0 Å². The van der Waals surface area contributed by atoms with Crippen LogP contribution < -0.4 is 0 Å². The second-order valence-electron chi connectivity index (χ2n) is 7.20. The fourth-order valence-electron chi connectivity index (χ4n) is 4.21. The maximum Gasteiger partial charge on any atom is 0.196 e. The van der Waals surface area contributed by atoms with Crippen LogP contribution in [0.3, 0.4) is 0 Å². The van der Waals surface area contributed by atoms with Crippen LogP contribution >= 0.6 is 0 Å². The van der Waals surface area contributed by atoms with E-state index in [1.54, 1.807) is 30.3 Å². The minimum atomic E-state index is -0.156. The molecule has 0 unspecified atom stereocenters. The van der Waals surface area contributed by atoms with Gasteiger partial charge in [-0.25, -0.2) is 4.98 Å². The van der Waals surface area contributed by atoms with E-state index in [4.69, 9.17) is 4.98 Å². The van der Waals surface area contributed by atoms with E-state index in [9.17, 15) is 9.59 Å². The minimum absolute atomic E-state index is 0.133. The maximum atomic E-state index is 13.2. The van der Waals surface area contributed by atoms with E-state index in [2.05, 4.69) is 23.2 Å². The van der Waals surface area contributed by atoms with Crippen molar-refractivity contribution in [3.05, 3.63) is 101 Å². The molecule has 4 heteroatoms. The summed E-state index contributed by atoms with van der Waals surface area (Å²) in [6, 6.07) is 24.7. The first-order valence-corrected chi connectivity index (χ1v) is 9.41. The van der Waals surface area contributed by atoms with Gasteiger partial charge in [-0.1, -0.05) is 66.7 Å². The molecule has 0 radical (unpaired) electrons. The number of aromatic nitrogens is 2. The lowest BCUT2D eigenvalue weighted by Gasteiger charge is -2.17. The normalized spacial score (nSPS) is 13.0. The Labute approximate surface area is 165 Å². The SMILES string of the molecule is O=C1c2ccccc2C(=O)c2c1ccc1[nH]c(-c3cccc4ccccc34)nc21. The Bertz CT molecular complexity index is 1490. The molecule has 1 heterocycles. The van der Waals surface area contributed by atoms with Crippen LogP contribution in [0.2, 0.25) is 0 Å². The molecule has 0 bridgehead atoms. The number of imidazole rings is 1. The van der Waals surface area contributed by atoms with E-state index in [-0.39, 0.29) is 11.6 Å². The molecule has 1 aliphatic carbocycles. The fourth-order valence-corrected chi connectivity index (χ4v) is 4.21. The van der Waals surface area contributed by atoms with E-state index >= 15 is 0 Å². The molecule has 4 nitrogen and oxygen atoms in total. The fraction of sp³-hybridized carbons (Fsp3) is 0. The Morgan fingerprint density at radius 3 is 2.17 bits per heavy atom. The lowest BCUT2D eigenvalue weighted by atomic mass is 9.83. The van der Waals surface area contributed by atoms with E-state index in [0.29, 0.717) is 33.6 Å². The third kappa shape index (κ3) is 2.17. The van der Waals surface area contributed by atoms with Gasteiger partial charge in [-0.15, -0.1) is 0 Å². The van der Waals surface area contributed by atoms with Gasteiger partial charge in [0.15, 0.2) is 11.6 Å². The zero-order chi connectivity index (χ0) is 19.5. The molecule has 0 amide bonds. The van der Waals surface area contributed by atoms with Crippen molar-refractivity contribution in [2.45, 2.75) is 0 Å². The summed E-state index contributed by atoms with van der Waals surface area (Å²) in [7, 11) is 0. The number of carbonyl (C=O) groups is 2. The number of H-pyrrole nitrogens is 1.